The first-order chi connectivity index (χ1) is 13.5. The molecule has 1 saturated carbocycles. The van der Waals surface area contributed by atoms with E-state index in [1.54, 1.807) is 26.4 Å². The van der Waals surface area contributed by atoms with Gasteiger partial charge in [-0.1, -0.05) is 12.8 Å². The summed E-state index contributed by atoms with van der Waals surface area (Å²) >= 11 is 0. The predicted octanol–water partition coefficient (Wildman–Crippen LogP) is 2.45. The van der Waals surface area contributed by atoms with E-state index in [1.807, 2.05) is 13.0 Å². The zero-order valence-corrected chi connectivity index (χ0v) is 16.7. The lowest BCUT2D eigenvalue weighted by molar-refractivity contribution is -0.140. The topological polar surface area (TPSA) is 84.9 Å². The molecular formula is C21H28N2O5. The van der Waals surface area contributed by atoms with Crippen molar-refractivity contribution in [3.63, 3.8) is 0 Å². The van der Waals surface area contributed by atoms with Gasteiger partial charge in [0.15, 0.2) is 0 Å². The monoisotopic (exact) mass is 388 g/mol. The molecule has 0 spiro atoms. The summed E-state index contributed by atoms with van der Waals surface area (Å²) in [5.74, 6) is 0.548. The van der Waals surface area contributed by atoms with Crippen LogP contribution in [0.3, 0.4) is 0 Å². The standard InChI is InChI=1S/C21H28N2O5/c1-13(17-12-14(27-2)8-9-18(17)28-3)22-19(24)10-11-23-20(25)15-6-4-5-7-16(15)21(23)26/h8-9,12-13,15-16H,4-7,10-11H2,1-3H3,(H,22,24)/t13-,15-,16+/m1/s1. The van der Waals surface area contributed by atoms with Gasteiger partial charge >= 0.3 is 0 Å². The van der Waals surface area contributed by atoms with Crippen LogP contribution in [0.4, 0.5) is 0 Å². The molecule has 28 heavy (non-hydrogen) atoms. The van der Waals surface area contributed by atoms with Gasteiger partial charge in [-0.05, 0) is 38.0 Å². The zero-order valence-electron chi connectivity index (χ0n) is 16.7. The fourth-order valence-corrected chi connectivity index (χ4v) is 4.23. The predicted molar refractivity (Wildman–Crippen MR) is 103 cm³/mol. The molecule has 3 atom stereocenters. The summed E-state index contributed by atoms with van der Waals surface area (Å²) < 4.78 is 10.6. The van der Waals surface area contributed by atoms with E-state index in [0.717, 1.165) is 31.2 Å². The van der Waals surface area contributed by atoms with Crippen molar-refractivity contribution in [2.45, 2.75) is 45.1 Å². The number of hydrogen-bond donors (Lipinski definition) is 1. The average Bonchev–Trinajstić information content (AvgIpc) is 2.96. The number of nitrogens with one attached hydrogen (secondary N) is 1. The number of fused-ring (bicyclic) bond motifs is 1. The third-order valence-electron chi connectivity index (χ3n) is 5.78. The van der Waals surface area contributed by atoms with Crippen LogP contribution in [0.5, 0.6) is 11.5 Å². The number of imide groups is 1. The van der Waals surface area contributed by atoms with Crippen LogP contribution in [0.25, 0.3) is 0 Å². The number of likely N-dealkylation sites (tertiary alicyclic amines) is 1. The third kappa shape index (κ3) is 3.98. The highest BCUT2D eigenvalue weighted by Gasteiger charge is 2.47. The fourth-order valence-electron chi connectivity index (χ4n) is 4.23. The van der Waals surface area contributed by atoms with Gasteiger partial charge in [0, 0.05) is 18.5 Å². The van der Waals surface area contributed by atoms with Gasteiger partial charge in [0.25, 0.3) is 0 Å². The molecule has 1 aliphatic carbocycles. The van der Waals surface area contributed by atoms with Gasteiger partial charge in [0.05, 0.1) is 32.1 Å². The van der Waals surface area contributed by atoms with Crippen molar-refractivity contribution >= 4 is 17.7 Å². The van der Waals surface area contributed by atoms with Crippen LogP contribution in [0.15, 0.2) is 18.2 Å². The van der Waals surface area contributed by atoms with Crippen molar-refractivity contribution in [1.29, 1.82) is 0 Å². The molecule has 1 heterocycles. The molecule has 3 rings (SSSR count). The van der Waals surface area contributed by atoms with Crippen molar-refractivity contribution in [2.75, 3.05) is 20.8 Å². The van der Waals surface area contributed by atoms with Gasteiger partial charge in [0.1, 0.15) is 11.5 Å². The Balaban J connectivity index is 1.59. The highest BCUT2D eigenvalue weighted by atomic mass is 16.5. The van der Waals surface area contributed by atoms with Gasteiger partial charge in [-0.3, -0.25) is 19.3 Å². The lowest BCUT2D eigenvalue weighted by Gasteiger charge is -2.19. The largest absolute Gasteiger partial charge is 0.497 e. The Kier molecular flexibility index (Phi) is 6.21. The van der Waals surface area contributed by atoms with Gasteiger partial charge in [0.2, 0.25) is 17.7 Å². The number of benzene rings is 1. The maximum absolute atomic E-state index is 12.5. The van der Waals surface area contributed by atoms with Crippen LogP contribution < -0.4 is 14.8 Å². The SMILES string of the molecule is COc1ccc(OC)c([C@@H](C)NC(=O)CCN2C(=O)[C@H]3CCCC[C@H]3C2=O)c1. The second-order valence-corrected chi connectivity index (χ2v) is 7.47. The summed E-state index contributed by atoms with van der Waals surface area (Å²) in [5.41, 5.74) is 0.801. The molecule has 0 unspecified atom stereocenters. The summed E-state index contributed by atoms with van der Waals surface area (Å²) in [4.78, 5) is 38.7. The Hall–Kier alpha value is -2.57. The number of carbonyl (C=O) groups is 3. The maximum atomic E-state index is 12.5. The lowest BCUT2D eigenvalue weighted by atomic mass is 9.81. The molecule has 1 N–H and O–H groups in total. The first-order valence-corrected chi connectivity index (χ1v) is 9.82. The number of rotatable bonds is 7. The van der Waals surface area contributed by atoms with Crippen LogP contribution >= 0.6 is 0 Å². The molecule has 1 aromatic rings. The van der Waals surface area contributed by atoms with E-state index in [0.29, 0.717) is 11.5 Å². The molecule has 2 aliphatic rings. The number of amides is 3. The molecule has 1 saturated heterocycles. The third-order valence-corrected chi connectivity index (χ3v) is 5.78. The zero-order chi connectivity index (χ0) is 20.3. The van der Waals surface area contributed by atoms with E-state index in [9.17, 15) is 14.4 Å². The van der Waals surface area contributed by atoms with Gasteiger partial charge < -0.3 is 14.8 Å². The molecule has 7 nitrogen and oxygen atoms in total. The number of hydrogen-bond acceptors (Lipinski definition) is 5. The first kappa shape index (κ1) is 20.2. The minimum Gasteiger partial charge on any atom is -0.497 e. The second-order valence-electron chi connectivity index (χ2n) is 7.47. The van der Waals surface area contributed by atoms with E-state index in [-0.39, 0.29) is 48.6 Å². The van der Waals surface area contributed by atoms with Gasteiger partial charge in [-0.15, -0.1) is 0 Å². The molecule has 1 aliphatic heterocycles. The Bertz CT molecular complexity index is 739. The number of methoxy groups -OCH3 is 2. The van der Waals surface area contributed by atoms with E-state index >= 15 is 0 Å². The molecule has 0 radical (unpaired) electrons. The highest BCUT2D eigenvalue weighted by Crippen LogP contribution is 2.38. The van der Waals surface area contributed by atoms with E-state index in [1.165, 1.54) is 4.90 Å². The first-order valence-electron chi connectivity index (χ1n) is 9.82. The normalized spacial score (nSPS) is 22.6. The van der Waals surface area contributed by atoms with Crippen LogP contribution in [-0.2, 0) is 14.4 Å². The van der Waals surface area contributed by atoms with Crippen molar-refractivity contribution in [3.8, 4) is 11.5 Å². The summed E-state index contributed by atoms with van der Waals surface area (Å²) in [6.07, 6.45) is 3.64. The van der Waals surface area contributed by atoms with E-state index < -0.39 is 0 Å². The molecule has 152 valence electrons. The quantitative estimate of drug-likeness (QED) is 0.725. The molecular weight excluding hydrogens is 360 g/mol. The Morgan fingerprint density at radius 2 is 1.79 bits per heavy atom. The average molecular weight is 388 g/mol. The molecule has 3 amide bonds. The van der Waals surface area contributed by atoms with Crippen LogP contribution in [0.2, 0.25) is 0 Å². The Morgan fingerprint density at radius 1 is 1.14 bits per heavy atom. The summed E-state index contributed by atoms with van der Waals surface area (Å²) in [6, 6.07) is 5.10. The molecule has 0 aromatic heterocycles. The highest BCUT2D eigenvalue weighted by molar-refractivity contribution is 6.05. The van der Waals surface area contributed by atoms with Gasteiger partial charge in [-0.25, -0.2) is 0 Å². The second kappa shape index (κ2) is 8.63. The van der Waals surface area contributed by atoms with Crippen LogP contribution in [0.1, 0.15) is 50.6 Å². The van der Waals surface area contributed by atoms with Gasteiger partial charge in [-0.2, -0.15) is 0 Å². The van der Waals surface area contributed by atoms with Crippen molar-refractivity contribution < 1.29 is 23.9 Å². The lowest BCUT2D eigenvalue weighted by Crippen LogP contribution is -2.36. The Morgan fingerprint density at radius 3 is 2.36 bits per heavy atom. The summed E-state index contributed by atoms with van der Waals surface area (Å²) in [7, 11) is 3.15. The molecule has 0 bridgehead atoms. The number of nitrogens with zero attached hydrogens (tertiary/aromatic N) is 1. The summed E-state index contributed by atoms with van der Waals surface area (Å²) in [5, 5.41) is 2.91. The Labute approximate surface area is 165 Å². The minimum atomic E-state index is -0.301. The van der Waals surface area contributed by atoms with E-state index in [2.05, 4.69) is 5.32 Å². The van der Waals surface area contributed by atoms with E-state index in [4.69, 9.17) is 9.47 Å². The fraction of sp³-hybridized carbons (Fsp3) is 0.571. The smallest absolute Gasteiger partial charge is 0.233 e. The van der Waals surface area contributed by atoms with Crippen molar-refractivity contribution in [3.05, 3.63) is 23.8 Å². The minimum absolute atomic E-state index is 0.0908. The maximum Gasteiger partial charge on any atom is 0.233 e. The van der Waals surface area contributed by atoms with Crippen molar-refractivity contribution in [2.24, 2.45) is 11.8 Å². The molecule has 7 heteroatoms. The van der Waals surface area contributed by atoms with Crippen molar-refractivity contribution in [1.82, 2.24) is 10.2 Å². The number of ether oxygens (including phenoxy) is 2. The number of carbonyl (C=O) groups excluding carboxylic acids is 3. The molecule has 1 aromatic carbocycles. The van der Waals surface area contributed by atoms with Crippen LogP contribution in [-0.4, -0.2) is 43.4 Å². The summed E-state index contributed by atoms with van der Waals surface area (Å²) in [6.45, 7) is 1.99. The molecule has 2 fully saturated rings. The van der Waals surface area contributed by atoms with Crippen LogP contribution in [0, 0.1) is 11.8 Å².